The summed E-state index contributed by atoms with van der Waals surface area (Å²) in [5, 5.41) is 9.40. The first-order valence-corrected chi connectivity index (χ1v) is 6.06. The number of carbonyl (C=O) groups is 1. The molecule has 0 bridgehead atoms. The number of amides is 1. The zero-order valence-corrected chi connectivity index (χ0v) is 10.7. The molecule has 0 saturated heterocycles. The SMILES string of the molecule is COc1ccc(C(=O)NCCCc2ncn[nH]2)cc1. The lowest BCUT2D eigenvalue weighted by Crippen LogP contribution is -2.24. The van der Waals surface area contributed by atoms with Crippen molar-refractivity contribution >= 4 is 5.91 Å². The van der Waals surface area contributed by atoms with Crippen LogP contribution in [0.25, 0.3) is 0 Å². The highest BCUT2D eigenvalue weighted by molar-refractivity contribution is 5.94. The fourth-order valence-corrected chi connectivity index (χ4v) is 1.65. The van der Waals surface area contributed by atoms with Gasteiger partial charge in [0.1, 0.15) is 17.9 Å². The summed E-state index contributed by atoms with van der Waals surface area (Å²) in [6, 6.07) is 7.02. The Kier molecular flexibility index (Phi) is 4.49. The van der Waals surface area contributed by atoms with Gasteiger partial charge in [-0.2, -0.15) is 5.10 Å². The van der Waals surface area contributed by atoms with Crippen molar-refractivity contribution in [2.75, 3.05) is 13.7 Å². The van der Waals surface area contributed by atoms with Gasteiger partial charge in [0.05, 0.1) is 7.11 Å². The second kappa shape index (κ2) is 6.53. The first-order valence-electron chi connectivity index (χ1n) is 6.06. The van der Waals surface area contributed by atoms with E-state index in [1.165, 1.54) is 6.33 Å². The molecule has 0 unspecified atom stereocenters. The van der Waals surface area contributed by atoms with Crippen molar-refractivity contribution < 1.29 is 9.53 Å². The van der Waals surface area contributed by atoms with Gasteiger partial charge >= 0.3 is 0 Å². The van der Waals surface area contributed by atoms with Gasteiger partial charge in [-0.3, -0.25) is 9.89 Å². The number of hydrogen-bond acceptors (Lipinski definition) is 4. The second-order valence-electron chi connectivity index (χ2n) is 4.02. The van der Waals surface area contributed by atoms with E-state index in [1.807, 2.05) is 0 Å². The van der Waals surface area contributed by atoms with Gasteiger partial charge in [-0.15, -0.1) is 0 Å². The molecule has 1 heterocycles. The van der Waals surface area contributed by atoms with Gasteiger partial charge in [0.25, 0.3) is 5.91 Å². The number of H-pyrrole nitrogens is 1. The third-order valence-electron chi connectivity index (χ3n) is 2.69. The standard InChI is InChI=1S/C13H16N4O2/c1-19-11-6-4-10(5-7-11)13(18)14-8-2-3-12-15-9-16-17-12/h4-7,9H,2-3,8H2,1H3,(H,14,18)(H,15,16,17). The quantitative estimate of drug-likeness (QED) is 0.764. The van der Waals surface area contributed by atoms with Crippen molar-refractivity contribution in [3.63, 3.8) is 0 Å². The van der Waals surface area contributed by atoms with Crippen LogP contribution < -0.4 is 10.1 Å². The van der Waals surface area contributed by atoms with E-state index in [1.54, 1.807) is 31.4 Å². The number of ether oxygens (including phenoxy) is 1. The highest BCUT2D eigenvalue weighted by atomic mass is 16.5. The molecule has 0 spiro atoms. The lowest BCUT2D eigenvalue weighted by atomic mass is 10.2. The average Bonchev–Trinajstić information content (AvgIpc) is 2.96. The Hall–Kier alpha value is -2.37. The fourth-order valence-electron chi connectivity index (χ4n) is 1.65. The van der Waals surface area contributed by atoms with Crippen molar-refractivity contribution in [2.24, 2.45) is 0 Å². The van der Waals surface area contributed by atoms with Crippen LogP contribution in [0.4, 0.5) is 0 Å². The Bertz CT molecular complexity index is 508. The molecule has 1 amide bonds. The summed E-state index contributed by atoms with van der Waals surface area (Å²) in [7, 11) is 1.60. The summed E-state index contributed by atoms with van der Waals surface area (Å²) >= 11 is 0. The van der Waals surface area contributed by atoms with Gasteiger partial charge in [-0.05, 0) is 30.7 Å². The van der Waals surface area contributed by atoms with Crippen molar-refractivity contribution in [1.82, 2.24) is 20.5 Å². The summed E-state index contributed by atoms with van der Waals surface area (Å²) in [4.78, 5) is 15.8. The zero-order valence-electron chi connectivity index (χ0n) is 10.7. The molecule has 0 saturated carbocycles. The molecule has 6 nitrogen and oxygen atoms in total. The Morgan fingerprint density at radius 1 is 1.37 bits per heavy atom. The average molecular weight is 260 g/mol. The Balaban J connectivity index is 1.74. The number of carbonyl (C=O) groups excluding carboxylic acids is 1. The van der Waals surface area contributed by atoms with Crippen molar-refractivity contribution in [2.45, 2.75) is 12.8 Å². The highest BCUT2D eigenvalue weighted by Gasteiger charge is 2.04. The van der Waals surface area contributed by atoms with E-state index in [0.717, 1.165) is 24.4 Å². The first-order chi connectivity index (χ1) is 9.29. The van der Waals surface area contributed by atoms with Crippen molar-refractivity contribution in [1.29, 1.82) is 0 Å². The van der Waals surface area contributed by atoms with Crippen LogP contribution in [0.2, 0.25) is 0 Å². The molecule has 2 rings (SSSR count). The van der Waals surface area contributed by atoms with Crippen LogP contribution >= 0.6 is 0 Å². The zero-order chi connectivity index (χ0) is 13.5. The number of nitrogens with zero attached hydrogens (tertiary/aromatic N) is 2. The molecule has 1 aromatic carbocycles. The van der Waals surface area contributed by atoms with Crippen LogP contribution in [0.3, 0.4) is 0 Å². The molecule has 2 aromatic rings. The molecule has 2 N–H and O–H groups in total. The molecule has 19 heavy (non-hydrogen) atoms. The van der Waals surface area contributed by atoms with E-state index in [-0.39, 0.29) is 5.91 Å². The topological polar surface area (TPSA) is 79.9 Å². The van der Waals surface area contributed by atoms with E-state index >= 15 is 0 Å². The van der Waals surface area contributed by atoms with E-state index in [2.05, 4.69) is 20.5 Å². The number of aromatic amines is 1. The number of benzene rings is 1. The van der Waals surface area contributed by atoms with Crippen LogP contribution in [-0.4, -0.2) is 34.7 Å². The number of aromatic nitrogens is 3. The molecule has 6 heteroatoms. The molecule has 100 valence electrons. The first kappa shape index (κ1) is 13.1. The van der Waals surface area contributed by atoms with Crippen LogP contribution in [0.5, 0.6) is 5.75 Å². The fraction of sp³-hybridized carbons (Fsp3) is 0.308. The number of methoxy groups -OCH3 is 1. The number of aryl methyl sites for hydroxylation is 1. The maximum absolute atomic E-state index is 11.8. The maximum atomic E-state index is 11.8. The largest absolute Gasteiger partial charge is 0.497 e. The number of hydrogen-bond donors (Lipinski definition) is 2. The van der Waals surface area contributed by atoms with Crippen LogP contribution in [0, 0.1) is 0 Å². The molecule has 0 aliphatic heterocycles. The van der Waals surface area contributed by atoms with Crippen molar-refractivity contribution in [3.05, 3.63) is 42.0 Å². The summed E-state index contributed by atoms with van der Waals surface area (Å²) in [5.41, 5.74) is 0.625. The van der Waals surface area contributed by atoms with Crippen molar-refractivity contribution in [3.8, 4) is 5.75 Å². The summed E-state index contributed by atoms with van der Waals surface area (Å²) in [6.45, 7) is 0.603. The minimum atomic E-state index is -0.0831. The van der Waals surface area contributed by atoms with Gasteiger partial charge in [0.2, 0.25) is 0 Å². The Morgan fingerprint density at radius 3 is 2.79 bits per heavy atom. The summed E-state index contributed by atoms with van der Waals surface area (Å²) < 4.78 is 5.04. The van der Waals surface area contributed by atoms with Crippen LogP contribution in [0.1, 0.15) is 22.6 Å². The highest BCUT2D eigenvalue weighted by Crippen LogP contribution is 2.10. The molecule has 1 aromatic heterocycles. The van der Waals surface area contributed by atoms with Gasteiger partial charge in [0, 0.05) is 18.5 Å². The minimum Gasteiger partial charge on any atom is -0.497 e. The third kappa shape index (κ3) is 3.80. The molecule has 0 aliphatic rings. The monoisotopic (exact) mass is 260 g/mol. The Labute approximate surface area is 111 Å². The third-order valence-corrected chi connectivity index (χ3v) is 2.69. The number of nitrogens with one attached hydrogen (secondary N) is 2. The minimum absolute atomic E-state index is 0.0831. The summed E-state index contributed by atoms with van der Waals surface area (Å²) in [6.07, 6.45) is 3.06. The van der Waals surface area contributed by atoms with E-state index in [0.29, 0.717) is 12.1 Å². The van der Waals surface area contributed by atoms with Crippen LogP contribution in [0.15, 0.2) is 30.6 Å². The number of rotatable bonds is 6. The molecule has 0 fully saturated rings. The molecule has 0 aliphatic carbocycles. The predicted octanol–water partition coefficient (Wildman–Crippen LogP) is 1.18. The van der Waals surface area contributed by atoms with E-state index < -0.39 is 0 Å². The van der Waals surface area contributed by atoms with Gasteiger partial charge in [0.15, 0.2) is 0 Å². The Morgan fingerprint density at radius 2 is 2.16 bits per heavy atom. The maximum Gasteiger partial charge on any atom is 0.251 e. The van der Waals surface area contributed by atoms with Gasteiger partial charge < -0.3 is 10.1 Å². The second-order valence-corrected chi connectivity index (χ2v) is 4.02. The van der Waals surface area contributed by atoms with Crippen LogP contribution in [-0.2, 0) is 6.42 Å². The predicted molar refractivity (Wildman–Crippen MR) is 70.0 cm³/mol. The normalized spacial score (nSPS) is 10.2. The van der Waals surface area contributed by atoms with E-state index in [4.69, 9.17) is 4.74 Å². The smallest absolute Gasteiger partial charge is 0.251 e. The molecular weight excluding hydrogens is 244 g/mol. The molecular formula is C13H16N4O2. The van der Waals surface area contributed by atoms with E-state index in [9.17, 15) is 4.79 Å². The summed E-state index contributed by atoms with van der Waals surface area (Å²) in [5.74, 6) is 1.49. The lowest BCUT2D eigenvalue weighted by molar-refractivity contribution is 0.0953. The lowest BCUT2D eigenvalue weighted by Gasteiger charge is -2.05. The van der Waals surface area contributed by atoms with Gasteiger partial charge in [-0.25, -0.2) is 4.98 Å². The molecule has 0 atom stereocenters. The van der Waals surface area contributed by atoms with Gasteiger partial charge in [-0.1, -0.05) is 0 Å². The molecule has 0 radical (unpaired) electrons.